The zero-order valence-corrected chi connectivity index (χ0v) is 13.0. The second-order valence-corrected chi connectivity index (χ2v) is 5.32. The molecule has 1 aromatic carbocycles. The van der Waals surface area contributed by atoms with Crippen LogP contribution >= 0.6 is 0 Å². The predicted molar refractivity (Wildman–Crippen MR) is 87.1 cm³/mol. The Kier molecular flexibility index (Phi) is 4.80. The highest BCUT2D eigenvalue weighted by Crippen LogP contribution is 2.29. The number of carbonyl (C=O) groups is 1. The van der Waals surface area contributed by atoms with Gasteiger partial charge in [-0.2, -0.15) is 0 Å². The van der Waals surface area contributed by atoms with E-state index < -0.39 is 0 Å². The Morgan fingerprint density at radius 3 is 3.00 bits per heavy atom. The first-order valence-corrected chi connectivity index (χ1v) is 7.42. The number of nitrogens with zero attached hydrogens (tertiary/aromatic N) is 3. The number of nitrogens with one attached hydrogen (secondary N) is 2. The summed E-state index contributed by atoms with van der Waals surface area (Å²) in [5, 5.41) is 5.56. The first-order valence-electron chi connectivity index (χ1n) is 7.42. The molecular formula is C16H19N5O2. The van der Waals surface area contributed by atoms with Crippen LogP contribution in [-0.4, -0.2) is 41.2 Å². The van der Waals surface area contributed by atoms with E-state index in [0.717, 1.165) is 30.9 Å². The van der Waals surface area contributed by atoms with Crippen molar-refractivity contribution in [1.29, 1.82) is 0 Å². The average Bonchev–Trinajstić information content (AvgIpc) is 2.98. The molecule has 0 aliphatic carbocycles. The Labute approximate surface area is 134 Å². The van der Waals surface area contributed by atoms with Gasteiger partial charge in [0.15, 0.2) is 5.82 Å². The van der Waals surface area contributed by atoms with E-state index in [1.807, 2.05) is 12.1 Å². The van der Waals surface area contributed by atoms with Crippen molar-refractivity contribution in [3.8, 4) is 0 Å². The fourth-order valence-electron chi connectivity index (χ4n) is 2.62. The van der Waals surface area contributed by atoms with E-state index in [0.29, 0.717) is 12.4 Å². The molecule has 1 aliphatic rings. The molecule has 0 unspecified atom stereocenters. The third-order valence-corrected chi connectivity index (χ3v) is 3.71. The summed E-state index contributed by atoms with van der Waals surface area (Å²) in [7, 11) is 1.70. The lowest BCUT2D eigenvalue weighted by Gasteiger charge is -2.14. The molecular weight excluding hydrogens is 294 g/mol. The fourth-order valence-corrected chi connectivity index (χ4v) is 2.62. The summed E-state index contributed by atoms with van der Waals surface area (Å²) in [4.78, 5) is 22.3. The number of ether oxygens (including phenoxy) is 1. The van der Waals surface area contributed by atoms with Crippen LogP contribution in [0.25, 0.3) is 0 Å². The number of carbonyl (C=O) groups excluding carboxylic acids is 1. The van der Waals surface area contributed by atoms with Gasteiger partial charge in [0.05, 0.1) is 12.8 Å². The molecule has 7 heteroatoms. The number of benzene rings is 1. The molecule has 7 nitrogen and oxygen atoms in total. The minimum absolute atomic E-state index is 0.325. The Bertz CT molecular complexity index is 677. The van der Waals surface area contributed by atoms with Gasteiger partial charge in [0.2, 0.25) is 0 Å². The van der Waals surface area contributed by atoms with Gasteiger partial charge in [-0.25, -0.2) is 9.78 Å². The highest BCUT2D eigenvalue weighted by Gasteiger charge is 2.21. The van der Waals surface area contributed by atoms with E-state index in [-0.39, 0.29) is 6.03 Å². The number of hydrogen-bond acceptors (Lipinski definition) is 5. The van der Waals surface area contributed by atoms with Crippen LogP contribution in [-0.2, 0) is 17.8 Å². The molecule has 3 rings (SSSR count). The third kappa shape index (κ3) is 3.82. The predicted octanol–water partition coefficient (Wildman–Crippen LogP) is 2.08. The van der Waals surface area contributed by atoms with Crippen LogP contribution in [0.3, 0.4) is 0 Å². The van der Waals surface area contributed by atoms with Crippen LogP contribution < -0.4 is 10.6 Å². The molecule has 2 aromatic rings. The molecule has 0 radical (unpaired) electrons. The number of anilines is 2. The molecule has 2 heterocycles. The molecule has 0 fully saturated rings. The maximum atomic E-state index is 12.1. The van der Waals surface area contributed by atoms with Gasteiger partial charge >= 0.3 is 6.03 Å². The van der Waals surface area contributed by atoms with Gasteiger partial charge in [0.1, 0.15) is 0 Å². The number of hydrogen-bond donors (Lipinski definition) is 2. The summed E-state index contributed by atoms with van der Waals surface area (Å²) < 4.78 is 5.13. The molecule has 2 amide bonds. The van der Waals surface area contributed by atoms with Crippen molar-refractivity contribution < 1.29 is 9.53 Å². The van der Waals surface area contributed by atoms with Crippen LogP contribution in [0.15, 0.2) is 36.8 Å². The van der Waals surface area contributed by atoms with Crippen molar-refractivity contribution in [1.82, 2.24) is 14.9 Å². The van der Waals surface area contributed by atoms with Gasteiger partial charge in [-0.3, -0.25) is 15.2 Å². The van der Waals surface area contributed by atoms with E-state index in [4.69, 9.17) is 4.74 Å². The lowest BCUT2D eigenvalue weighted by Crippen LogP contribution is -2.22. The highest BCUT2D eigenvalue weighted by molar-refractivity contribution is 5.99. The summed E-state index contributed by atoms with van der Waals surface area (Å²) in [5.41, 5.74) is 3.21. The van der Waals surface area contributed by atoms with Crippen LogP contribution in [0.5, 0.6) is 0 Å². The minimum atomic E-state index is -0.325. The largest absolute Gasteiger partial charge is 0.383 e. The molecule has 2 N–H and O–H groups in total. The lowest BCUT2D eigenvalue weighted by atomic mass is 10.1. The van der Waals surface area contributed by atoms with Gasteiger partial charge in [-0.1, -0.05) is 12.1 Å². The standard InChI is InChI=1S/C16H19N5O2/c1-23-8-7-21-10-12-3-2-4-14(13(12)11-21)19-16(22)20-15-9-17-5-6-18-15/h2-6,9H,7-8,10-11H2,1H3,(H2,18,19,20,22). The first-order chi connectivity index (χ1) is 11.3. The summed E-state index contributed by atoms with van der Waals surface area (Å²) in [5.74, 6) is 0.416. The molecule has 0 atom stereocenters. The second-order valence-electron chi connectivity index (χ2n) is 5.32. The Morgan fingerprint density at radius 2 is 2.22 bits per heavy atom. The van der Waals surface area contributed by atoms with E-state index in [1.165, 1.54) is 18.0 Å². The van der Waals surface area contributed by atoms with Crippen molar-refractivity contribution in [3.63, 3.8) is 0 Å². The summed E-state index contributed by atoms with van der Waals surface area (Å²) >= 11 is 0. The van der Waals surface area contributed by atoms with Gasteiger partial charge in [-0.15, -0.1) is 0 Å². The molecule has 0 spiro atoms. The maximum Gasteiger partial charge on any atom is 0.324 e. The highest BCUT2D eigenvalue weighted by atomic mass is 16.5. The smallest absolute Gasteiger partial charge is 0.324 e. The van der Waals surface area contributed by atoms with Crippen molar-refractivity contribution >= 4 is 17.5 Å². The Morgan fingerprint density at radius 1 is 1.30 bits per heavy atom. The first kappa shape index (κ1) is 15.4. The molecule has 0 saturated carbocycles. The van der Waals surface area contributed by atoms with Gasteiger partial charge in [0.25, 0.3) is 0 Å². The average molecular weight is 313 g/mol. The Balaban J connectivity index is 1.66. The molecule has 0 bridgehead atoms. The molecule has 0 saturated heterocycles. The molecule has 1 aliphatic heterocycles. The topological polar surface area (TPSA) is 79.4 Å². The van der Waals surface area contributed by atoms with Crippen molar-refractivity contribution in [3.05, 3.63) is 47.9 Å². The molecule has 23 heavy (non-hydrogen) atoms. The zero-order valence-electron chi connectivity index (χ0n) is 13.0. The van der Waals surface area contributed by atoms with Crippen molar-refractivity contribution in [2.75, 3.05) is 30.9 Å². The van der Waals surface area contributed by atoms with E-state index in [2.05, 4.69) is 31.6 Å². The number of rotatable bonds is 5. The van der Waals surface area contributed by atoms with Crippen molar-refractivity contribution in [2.45, 2.75) is 13.1 Å². The lowest BCUT2D eigenvalue weighted by molar-refractivity contribution is 0.148. The van der Waals surface area contributed by atoms with Crippen molar-refractivity contribution in [2.24, 2.45) is 0 Å². The van der Waals surface area contributed by atoms with E-state index in [9.17, 15) is 4.79 Å². The second kappa shape index (κ2) is 7.17. The number of urea groups is 1. The van der Waals surface area contributed by atoms with Crippen LogP contribution in [0, 0.1) is 0 Å². The normalized spacial score (nSPS) is 13.6. The minimum Gasteiger partial charge on any atom is -0.383 e. The van der Waals surface area contributed by atoms with Crippen LogP contribution in [0.2, 0.25) is 0 Å². The van der Waals surface area contributed by atoms with Crippen LogP contribution in [0.4, 0.5) is 16.3 Å². The van der Waals surface area contributed by atoms with Gasteiger partial charge in [0, 0.05) is 44.8 Å². The summed E-state index contributed by atoms with van der Waals surface area (Å²) in [6, 6.07) is 5.63. The monoisotopic (exact) mass is 313 g/mol. The SMILES string of the molecule is COCCN1Cc2cccc(NC(=O)Nc3cnccn3)c2C1. The fraction of sp³-hybridized carbons (Fsp3) is 0.312. The quantitative estimate of drug-likeness (QED) is 0.883. The zero-order chi connectivity index (χ0) is 16.1. The summed E-state index contributed by atoms with van der Waals surface area (Å²) in [6.45, 7) is 3.25. The molecule has 120 valence electrons. The van der Waals surface area contributed by atoms with E-state index in [1.54, 1.807) is 13.3 Å². The van der Waals surface area contributed by atoms with Gasteiger partial charge < -0.3 is 10.1 Å². The number of methoxy groups -OCH3 is 1. The van der Waals surface area contributed by atoms with Crippen LogP contribution in [0.1, 0.15) is 11.1 Å². The maximum absolute atomic E-state index is 12.1. The Hall–Kier alpha value is -2.51. The van der Waals surface area contributed by atoms with Gasteiger partial charge in [-0.05, 0) is 17.2 Å². The third-order valence-electron chi connectivity index (χ3n) is 3.71. The number of fused-ring (bicyclic) bond motifs is 1. The molecule has 1 aromatic heterocycles. The number of aromatic nitrogens is 2. The summed E-state index contributed by atoms with van der Waals surface area (Å²) in [6.07, 6.45) is 4.59. The van der Waals surface area contributed by atoms with E-state index >= 15 is 0 Å². The number of amides is 2.